The molecule has 5 aromatic carbocycles. The minimum absolute atomic E-state index is 0.126. The van der Waals surface area contributed by atoms with E-state index in [9.17, 15) is 9.59 Å². The Hall–Kier alpha value is -5.28. The molecule has 1 aliphatic rings. The number of benzene rings is 5. The van der Waals surface area contributed by atoms with Crippen molar-refractivity contribution in [2.75, 3.05) is 0 Å². The van der Waals surface area contributed by atoms with Crippen molar-refractivity contribution >= 4 is 22.8 Å². The predicted molar refractivity (Wildman–Crippen MR) is 165 cm³/mol. The molecule has 0 radical (unpaired) electrons. The number of allylic oxidation sites excluding steroid dienone is 2. The van der Waals surface area contributed by atoms with Crippen molar-refractivity contribution in [2.24, 2.45) is 0 Å². The van der Waals surface area contributed by atoms with Crippen molar-refractivity contribution in [3.05, 3.63) is 191 Å². The number of nitrogens with one attached hydrogen (secondary N) is 1. The number of ketones is 1. The zero-order chi connectivity index (χ0) is 28.0. The van der Waals surface area contributed by atoms with Crippen LogP contribution in [0, 0.1) is 0 Å². The molecule has 0 bridgehead atoms. The fourth-order valence-electron chi connectivity index (χ4n) is 5.70. The number of amides is 1. The normalized spacial score (nSPS) is 17.2. The molecular formula is C38H29NO2. The molecule has 0 aromatic heterocycles. The highest BCUT2D eigenvalue weighted by Crippen LogP contribution is 2.48. The largest absolute Gasteiger partial charge is 0.331 e. The molecule has 1 N–H and O–H groups in total. The Bertz CT molecular complexity index is 1710. The van der Waals surface area contributed by atoms with Gasteiger partial charge < -0.3 is 5.32 Å². The maximum Gasteiger partial charge on any atom is 0.235 e. The second-order valence-corrected chi connectivity index (χ2v) is 10.1. The maximum atomic E-state index is 14.3. The van der Waals surface area contributed by atoms with Crippen LogP contribution in [0.4, 0.5) is 0 Å². The second-order valence-electron chi connectivity index (χ2n) is 10.1. The van der Waals surface area contributed by atoms with Gasteiger partial charge in [0, 0.05) is 23.3 Å². The number of hydrogen-bond acceptors (Lipinski definition) is 2. The molecule has 5 aromatic rings. The van der Waals surface area contributed by atoms with E-state index in [1.807, 2.05) is 127 Å². The molecular weight excluding hydrogens is 502 g/mol. The van der Waals surface area contributed by atoms with Gasteiger partial charge in [0.15, 0.2) is 5.78 Å². The minimum atomic E-state index is -0.607. The number of hydrogen-bond donors (Lipinski definition) is 1. The number of rotatable bonds is 6. The fraction of sp³-hybridized carbons (Fsp3) is 0.0526. The van der Waals surface area contributed by atoms with E-state index in [1.165, 1.54) is 0 Å². The topological polar surface area (TPSA) is 46.2 Å². The highest BCUT2D eigenvalue weighted by Gasteiger charge is 2.37. The van der Waals surface area contributed by atoms with Gasteiger partial charge in [0.25, 0.3) is 0 Å². The molecule has 0 aliphatic carbocycles. The van der Waals surface area contributed by atoms with Crippen molar-refractivity contribution < 1.29 is 9.59 Å². The van der Waals surface area contributed by atoms with E-state index < -0.39 is 11.8 Å². The quantitative estimate of drug-likeness (QED) is 0.225. The van der Waals surface area contributed by atoms with Crippen molar-refractivity contribution in [3.8, 4) is 0 Å². The molecule has 0 fully saturated rings. The standard InChI is InChI=1S/C38H29NO2/c40-37(31-24-14-5-15-25-31)32-26-39-38(41)36(30-22-12-4-13-23-30)35(29-20-10-3-11-21-29)34(28-18-8-2-9-19-28)33(32)27-16-6-1-7-17-27/h1-26,33,36H,(H,39,41). The molecule has 6 rings (SSSR count). The highest BCUT2D eigenvalue weighted by molar-refractivity contribution is 6.15. The van der Waals surface area contributed by atoms with Crippen LogP contribution < -0.4 is 5.32 Å². The Morgan fingerprint density at radius 1 is 0.488 bits per heavy atom. The lowest BCUT2D eigenvalue weighted by Crippen LogP contribution is -2.31. The van der Waals surface area contributed by atoms with E-state index in [0.717, 1.165) is 33.4 Å². The lowest BCUT2D eigenvalue weighted by Gasteiger charge is -2.33. The highest BCUT2D eigenvalue weighted by atomic mass is 16.2. The Morgan fingerprint density at radius 2 is 0.878 bits per heavy atom. The zero-order valence-electron chi connectivity index (χ0n) is 22.5. The van der Waals surface area contributed by atoms with Crippen LogP contribution in [-0.2, 0) is 4.79 Å². The van der Waals surface area contributed by atoms with Gasteiger partial charge in [-0.15, -0.1) is 0 Å². The summed E-state index contributed by atoms with van der Waals surface area (Å²) in [6, 6.07) is 49.4. The van der Waals surface area contributed by atoms with Crippen molar-refractivity contribution in [3.63, 3.8) is 0 Å². The van der Waals surface area contributed by atoms with Crippen LogP contribution in [0.5, 0.6) is 0 Å². The summed E-state index contributed by atoms with van der Waals surface area (Å²) in [5.74, 6) is -1.37. The maximum absolute atomic E-state index is 14.3. The van der Waals surface area contributed by atoms with E-state index in [0.29, 0.717) is 11.1 Å². The first-order valence-corrected chi connectivity index (χ1v) is 13.8. The molecule has 1 amide bonds. The summed E-state index contributed by atoms with van der Waals surface area (Å²) >= 11 is 0. The zero-order valence-corrected chi connectivity index (χ0v) is 22.5. The van der Waals surface area contributed by atoms with Gasteiger partial charge in [0.05, 0.1) is 5.92 Å². The number of carbonyl (C=O) groups is 2. The van der Waals surface area contributed by atoms with Crippen LogP contribution in [0.2, 0.25) is 0 Å². The van der Waals surface area contributed by atoms with Gasteiger partial charge in [-0.05, 0) is 33.4 Å². The summed E-state index contributed by atoms with van der Waals surface area (Å²) in [7, 11) is 0. The third-order valence-electron chi connectivity index (χ3n) is 7.54. The van der Waals surface area contributed by atoms with Crippen LogP contribution in [0.15, 0.2) is 163 Å². The molecule has 198 valence electrons. The minimum Gasteiger partial charge on any atom is -0.331 e. The molecule has 2 unspecified atom stereocenters. The summed E-state index contributed by atoms with van der Waals surface area (Å²) in [5, 5.41) is 3.05. The van der Waals surface area contributed by atoms with E-state index >= 15 is 0 Å². The average molecular weight is 532 g/mol. The van der Waals surface area contributed by atoms with Gasteiger partial charge in [-0.3, -0.25) is 9.59 Å². The van der Waals surface area contributed by atoms with Crippen molar-refractivity contribution in [1.29, 1.82) is 0 Å². The van der Waals surface area contributed by atoms with E-state index in [2.05, 4.69) is 29.6 Å². The van der Waals surface area contributed by atoms with Crippen LogP contribution in [0.25, 0.3) is 11.1 Å². The molecule has 0 saturated heterocycles. The smallest absolute Gasteiger partial charge is 0.235 e. The van der Waals surface area contributed by atoms with Gasteiger partial charge in [-0.1, -0.05) is 152 Å². The average Bonchev–Trinajstić information content (AvgIpc) is 3.04. The molecule has 1 aliphatic heterocycles. The Balaban J connectivity index is 1.74. The summed E-state index contributed by atoms with van der Waals surface area (Å²) in [4.78, 5) is 28.5. The molecule has 1 heterocycles. The summed E-state index contributed by atoms with van der Waals surface area (Å²) in [6.07, 6.45) is 1.63. The third kappa shape index (κ3) is 5.30. The molecule has 3 heteroatoms. The molecule has 2 atom stereocenters. The first-order chi connectivity index (χ1) is 20.2. The lowest BCUT2D eigenvalue weighted by molar-refractivity contribution is -0.120. The number of Topliss-reactive ketones (excluding diaryl/α,β-unsaturated/α-hetero) is 1. The van der Waals surface area contributed by atoms with E-state index in [1.54, 1.807) is 6.20 Å². The molecule has 0 spiro atoms. The first-order valence-electron chi connectivity index (χ1n) is 13.8. The Morgan fingerprint density at radius 3 is 1.37 bits per heavy atom. The van der Waals surface area contributed by atoms with Gasteiger partial charge >= 0.3 is 0 Å². The first kappa shape index (κ1) is 26.0. The molecule has 3 nitrogen and oxygen atoms in total. The fourth-order valence-corrected chi connectivity index (χ4v) is 5.70. The van der Waals surface area contributed by atoms with Crippen LogP contribution in [0.1, 0.15) is 44.4 Å². The van der Waals surface area contributed by atoms with Crippen molar-refractivity contribution in [1.82, 2.24) is 5.32 Å². The van der Waals surface area contributed by atoms with E-state index in [-0.39, 0.29) is 11.7 Å². The van der Waals surface area contributed by atoms with Crippen molar-refractivity contribution in [2.45, 2.75) is 11.8 Å². The van der Waals surface area contributed by atoms with Gasteiger partial charge in [0.2, 0.25) is 5.91 Å². The second kappa shape index (κ2) is 11.8. The molecule has 41 heavy (non-hydrogen) atoms. The summed E-state index contributed by atoms with van der Waals surface area (Å²) in [5.41, 5.74) is 6.64. The molecule has 0 saturated carbocycles. The Kier molecular flexibility index (Phi) is 7.51. The van der Waals surface area contributed by atoms with Gasteiger partial charge in [0.1, 0.15) is 0 Å². The Labute approximate surface area is 240 Å². The lowest BCUT2D eigenvalue weighted by atomic mass is 9.71. The van der Waals surface area contributed by atoms with Crippen LogP contribution in [-0.4, -0.2) is 11.7 Å². The van der Waals surface area contributed by atoms with E-state index in [4.69, 9.17) is 0 Å². The number of carbonyl (C=O) groups excluding carboxylic acids is 2. The summed E-state index contributed by atoms with van der Waals surface area (Å²) in [6.45, 7) is 0. The van der Waals surface area contributed by atoms with Gasteiger partial charge in [-0.25, -0.2) is 0 Å². The third-order valence-corrected chi connectivity index (χ3v) is 7.54. The van der Waals surface area contributed by atoms with Crippen LogP contribution >= 0.6 is 0 Å². The predicted octanol–water partition coefficient (Wildman–Crippen LogP) is 8.06. The summed E-state index contributed by atoms with van der Waals surface area (Å²) < 4.78 is 0. The van der Waals surface area contributed by atoms with Gasteiger partial charge in [-0.2, -0.15) is 0 Å². The monoisotopic (exact) mass is 531 g/mol. The SMILES string of the molecule is O=C(C1=CNC(=O)C(c2ccccc2)C(c2ccccc2)=C(c2ccccc2)C1c1ccccc1)c1ccccc1. The van der Waals surface area contributed by atoms with Crippen LogP contribution in [0.3, 0.4) is 0 Å².